The van der Waals surface area contributed by atoms with Gasteiger partial charge in [0.15, 0.2) is 16.6 Å². The van der Waals surface area contributed by atoms with Gasteiger partial charge in [-0.3, -0.25) is 19.7 Å². The Morgan fingerprint density at radius 3 is 2.53 bits per heavy atom. The summed E-state index contributed by atoms with van der Waals surface area (Å²) in [6, 6.07) is 19.9. The standard InChI is InChI=1S/C26H21N5O4S/c1-16(32)27-13-18-11-12-22(35-18)21-15-36-26(28-21)29-24(33)23-19-9-5-6-10-20(19)25(34)31(30-23)14-17-7-3-2-4-8-17/h2-12,15H,13-14H2,1H3,(H,27,32)(H,28,29,33). The van der Waals surface area contributed by atoms with E-state index in [9.17, 15) is 14.4 Å². The van der Waals surface area contributed by atoms with Crippen LogP contribution in [-0.2, 0) is 17.9 Å². The summed E-state index contributed by atoms with van der Waals surface area (Å²) < 4.78 is 7.04. The van der Waals surface area contributed by atoms with E-state index >= 15 is 0 Å². The number of nitrogens with one attached hydrogen (secondary N) is 2. The number of anilines is 1. The molecular formula is C26H21N5O4S. The Kier molecular flexibility index (Phi) is 6.42. The van der Waals surface area contributed by atoms with Gasteiger partial charge in [-0.15, -0.1) is 11.3 Å². The minimum absolute atomic E-state index is 0.133. The summed E-state index contributed by atoms with van der Waals surface area (Å²) in [7, 11) is 0. The molecule has 0 saturated heterocycles. The van der Waals surface area contributed by atoms with Crippen LogP contribution in [0.25, 0.3) is 22.2 Å². The lowest BCUT2D eigenvalue weighted by Gasteiger charge is -2.10. The maximum atomic E-state index is 13.3. The van der Waals surface area contributed by atoms with Crippen LogP contribution in [0.3, 0.4) is 0 Å². The maximum absolute atomic E-state index is 13.3. The van der Waals surface area contributed by atoms with Crippen LogP contribution in [-0.4, -0.2) is 26.6 Å². The lowest BCUT2D eigenvalue weighted by molar-refractivity contribution is -0.119. The van der Waals surface area contributed by atoms with Gasteiger partial charge >= 0.3 is 0 Å². The lowest BCUT2D eigenvalue weighted by atomic mass is 10.1. The monoisotopic (exact) mass is 499 g/mol. The Balaban J connectivity index is 1.41. The normalized spacial score (nSPS) is 10.9. The fraction of sp³-hybridized carbons (Fsp3) is 0.115. The van der Waals surface area contributed by atoms with Gasteiger partial charge in [0.2, 0.25) is 5.91 Å². The van der Waals surface area contributed by atoms with Crippen molar-refractivity contribution in [3.05, 3.63) is 99.5 Å². The topological polar surface area (TPSA) is 119 Å². The van der Waals surface area contributed by atoms with Crippen molar-refractivity contribution in [1.29, 1.82) is 0 Å². The van der Waals surface area contributed by atoms with Crippen molar-refractivity contribution in [2.45, 2.75) is 20.0 Å². The average molecular weight is 500 g/mol. The fourth-order valence-corrected chi connectivity index (χ4v) is 4.38. The molecule has 0 aliphatic carbocycles. The number of nitrogens with zero attached hydrogens (tertiary/aromatic N) is 3. The molecule has 5 rings (SSSR count). The van der Waals surface area contributed by atoms with Crippen LogP contribution in [0.1, 0.15) is 28.7 Å². The van der Waals surface area contributed by atoms with Crippen LogP contribution in [0, 0.1) is 0 Å². The maximum Gasteiger partial charge on any atom is 0.278 e. The molecule has 0 bridgehead atoms. The Hall–Kier alpha value is -4.57. The molecule has 10 heteroatoms. The van der Waals surface area contributed by atoms with Crippen molar-refractivity contribution in [1.82, 2.24) is 20.1 Å². The molecule has 5 aromatic rings. The number of carbonyl (C=O) groups is 2. The van der Waals surface area contributed by atoms with Gasteiger partial charge in [-0.1, -0.05) is 48.5 Å². The summed E-state index contributed by atoms with van der Waals surface area (Å²) in [5.41, 5.74) is 1.31. The first-order chi connectivity index (χ1) is 17.5. The molecule has 36 heavy (non-hydrogen) atoms. The smallest absolute Gasteiger partial charge is 0.278 e. The summed E-state index contributed by atoms with van der Waals surface area (Å²) >= 11 is 1.24. The van der Waals surface area contributed by atoms with E-state index in [1.807, 2.05) is 30.3 Å². The molecular weight excluding hydrogens is 478 g/mol. The zero-order valence-corrected chi connectivity index (χ0v) is 20.0. The van der Waals surface area contributed by atoms with Gasteiger partial charge in [0.1, 0.15) is 11.5 Å². The van der Waals surface area contributed by atoms with Crippen LogP contribution in [0.15, 0.2) is 81.3 Å². The van der Waals surface area contributed by atoms with Gasteiger partial charge in [-0.05, 0) is 23.8 Å². The Morgan fingerprint density at radius 1 is 1.00 bits per heavy atom. The van der Waals surface area contributed by atoms with E-state index in [1.165, 1.54) is 22.9 Å². The van der Waals surface area contributed by atoms with Crippen LogP contribution in [0.2, 0.25) is 0 Å². The van der Waals surface area contributed by atoms with E-state index < -0.39 is 5.91 Å². The second kappa shape index (κ2) is 9.96. The number of furan rings is 1. The third-order valence-corrected chi connectivity index (χ3v) is 6.17. The van der Waals surface area contributed by atoms with E-state index in [1.54, 1.807) is 41.8 Å². The molecule has 0 aliphatic heterocycles. The molecule has 0 unspecified atom stereocenters. The molecule has 2 N–H and O–H groups in total. The Bertz CT molecular complexity index is 1620. The van der Waals surface area contributed by atoms with Gasteiger partial charge in [0, 0.05) is 17.7 Å². The summed E-state index contributed by atoms with van der Waals surface area (Å²) in [5, 5.41) is 12.9. The molecule has 0 radical (unpaired) electrons. The second-order valence-electron chi connectivity index (χ2n) is 8.01. The fourth-order valence-electron chi connectivity index (χ4n) is 3.69. The number of carbonyl (C=O) groups excluding carboxylic acids is 2. The van der Waals surface area contributed by atoms with Gasteiger partial charge in [0.05, 0.1) is 18.5 Å². The highest BCUT2D eigenvalue weighted by Gasteiger charge is 2.19. The van der Waals surface area contributed by atoms with Crippen LogP contribution < -0.4 is 16.2 Å². The third-order valence-electron chi connectivity index (χ3n) is 5.41. The Labute approximate surface area is 209 Å². The van der Waals surface area contributed by atoms with Crippen LogP contribution >= 0.6 is 11.3 Å². The molecule has 3 heterocycles. The first-order valence-electron chi connectivity index (χ1n) is 11.1. The van der Waals surface area contributed by atoms with E-state index in [2.05, 4.69) is 20.7 Å². The SMILES string of the molecule is CC(=O)NCc1ccc(-c2csc(NC(=O)c3nn(Cc4ccccc4)c(=O)c4ccccc34)n2)o1. The van der Waals surface area contributed by atoms with Crippen molar-refractivity contribution in [2.75, 3.05) is 5.32 Å². The molecule has 2 aromatic carbocycles. The van der Waals surface area contributed by atoms with Crippen molar-refractivity contribution in [2.24, 2.45) is 0 Å². The average Bonchev–Trinajstić information content (AvgIpc) is 3.55. The van der Waals surface area contributed by atoms with E-state index in [-0.39, 0.29) is 30.2 Å². The zero-order chi connectivity index (χ0) is 25.1. The summed E-state index contributed by atoms with van der Waals surface area (Å²) in [6.45, 7) is 1.96. The highest BCUT2D eigenvalue weighted by Crippen LogP contribution is 2.27. The van der Waals surface area contributed by atoms with Crippen molar-refractivity contribution < 1.29 is 14.0 Å². The predicted molar refractivity (Wildman–Crippen MR) is 137 cm³/mol. The van der Waals surface area contributed by atoms with E-state index in [0.717, 1.165) is 5.56 Å². The first-order valence-corrected chi connectivity index (χ1v) is 12.0. The minimum atomic E-state index is -0.472. The molecule has 9 nitrogen and oxygen atoms in total. The highest BCUT2D eigenvalue weighted by molar-refractivity contribution is 7.14. The molecule has 0 spiro atoms. The molecule has 0 saturated carbocycles. The van der Waals surface area contributed by atoms with Gasteiger partial charge < -0.3 is 9.73 Å². The second-order valence-corrected chi connectivity index (χ2v) is 8.87. The third kappa shape index (κ3) is 4.93. The number of aromatic nitrogens is 3. The van der Waals surface area contributed by atoms with Gasteiger partial charge in [-0.2, -0.15) is 5.10 Å². The lowest BCUT2D eigenvalue weighted by Crippen LogP contribution is -2.28. The number of benzene rings is 2. The molecule has 0 fully saturated rings. The van der Waals surface area contributed by atoms with E-state index in [0.29, 0.717) is 33.1 Å². The summed E-state index contributed by atoms with van der Waals surface area (Å²) in [4.78, 5) is 41.8. The van der Waals surface area contributed by atoms with Crippen molar-refractivity contribution >= 4 is 39.1 Å². The van der Waals surface area contributed by atoms with Gasteiger partial charge in [0.25, 0.3) is 11.5 Å². The molecule has 0 atom stereocenters. The molecule has 3 aromatic heterocycles. The summed E-state index contributed by atoms with van der Waals surface area (Å²) in [5.74, 6) is 0.491. The highest BCUT2D eigenvalue weighted by atomic mass is 32.1. The first kappa shape index (κ1) is 23.2. The largest absolute Gasteiger partial charge is 0.458 e. The number of amides is 2. The number of fused-ring (bicyclic) bond motifs is 1. The van der Waals surface area contributed by atoms with Crippen molar-refractivity contribution in [3.8, 4) is 11.5 Å². The number of hydrogen-bond acceptors (Lipinski definition) is 7. The zero-order valence-electron chi connectivity index (χ0n) is 19.2. The van der Waals surface area contributed by atoms with Crippen LogP contribution in [0.4, 0.5) is 5.13 Å². The van der Waals surface area contributed by atoms with Gasteiger partial charge in [-0.25, -0.2) is 9.67 Å². The van der Waals surface area contributed by atoms with Crippen LogP contribution in [0.5, 0.6) is 0 Å². The number of thiazole rings is 1. The summed E-state index contributed by atoms with van der Waals surface area (Å²) in [6.07, 6.45) is 0. The minimum Gasteiger partial charge on any atom is -0.458 e. The molecule has 2 amide bonds. The quantitative estimate of drug-likeness (QED) is 0.349. The molecule has 0 aliphatic rings. The Morgan fingerprint density at radius 2 is 1.75 bits per heavy atom. The van der Waals surface area contributed by atoms with E-state index in [4.69, 9.17) is 4.42 Å². The number of hydrogen-bond donors (Lipinski definition) is 2. The number of rotatable bonds is 7. The van der Waals surface area contributed by atoms with Crippen molar-refractivity contribution in [3.63, 3.8) is 0 Å². The predicted octanol–water partition coefficient (Wildman–Crippen LogP) is 4.05. The molecule has 180 valence electrons.